The van der Waals surface area contributed by atoms with Crippen molar-refractivity contribution >= 4 is 30.8 Å². The van der Waals surface area contributed by atoms with Gasteiger partial charge in [0.2, 0.25) is 0 Å². The Morgan fingerprint density at radius 1 is 1.45 bits per heavy atom. The third-order valence-corrected chi connectivity index (χ3v) is 8.78. The van der Waals surface area contributed by atoms with Gasteiger partial charge in [0.15, 0.2) is 8.32 Å². The standard InChI is InChI=1S/C7H18OS2Si/c1-5-7(10-9)11(3,4)8-6-2/h7,9H,5-6H2,1-4H3. The molecular weight excluding hydrogens is 192 g/mol. The molecule has 0 amide bonds. The Hall–Kier alpha value is 0.877. The summed E-state index contributed by atoms with van der Waals surface area (Å²) in [5, 5.41) is 0. The van der Waals surface area contributed by atoms with E-state index in [0.717, 1.165) is 13.0 Å². The van der Waals surface area contributed by atoms with Crippen molar-refractivity contribution in [3.8, 4) is 0 Å². The lowest BCUT2D eigenvalue weighted by molar-refractivity contribution is 0.327. The fourth-order valence-electron chi connectivity index (χ4n) is 1.16. The van der Waals surface area contributed by atoms with Crippen molar-refractivity contribution in [1.82, 2.24) is 0 Å². The summed E-state index contributed by atoms with van der Waals surface area (Å²) in [6.07, 6.45) is 1.16. The first-order valence-electron chi connectivity index (χ1n) is 4.02. The van der Waals surface area contributed by atoms with Gasteiger partial charge in [0.05, 0.1) is 0 Å². The molecule has 0 saturated carbocycles. The molecule has 0 heterocycles. The highest BCUT2D eigenvalue weighted by atomic mass is 33.1. The van der Waals surface area contributed by atoms with Crippen LogP contribution >= 0.6 is 22.5 Å². The van der Waals surface area contributed by atoms with Gasteiger partial charge >= 0.3 is 0 Å². The monoisotopic (exact) mass is 210 g/mol. The van der Waals surface area contributed by atoms with Crippen LogP contribution < -0.4 is 0 Å². The highest BCUT2D eigenvalue weighted by Gasteiger charge is 2.31. The molecule has 1 unspecified atom stereocenters. The molecular formula is C7H18OS2Si. The quantitative estimate of drug-likeness (QED) is 0.424. The van der Waals surface area contributed by atoms with Crippen LogP contribution in [0.2, 0.25) is 13.1 Å². The maximum Gasteiger partial charge on any atom is 0.200 e. The van der Waals surface area contributed by atoms with E-state index in [1.165, 1.54) is 0 Å². The average Bonchev–Trinajstić information content (AvgIpc) is 1.89. The lowest BCUT2D eigenvalue weighted by atomic mass is 10.6. The van der Waals surface area contributed by atoms with Crippen molar-refractivity contribution in [2.24, 2.45) is 0 Å². The predicted octanol–water partition coefficient (Wildman–Crippen LogP) is 3.12. The molecule has 0 aliphatic carbocycles. The van der Waals surface area contributed by atoms with Crippen LogP contribution in [0.15, 0.2) is 0 Å². The molecule has 0 aliphatic heterocycles. The second-order valence-electron chi connectivity index (χ2n) is 3.04. The summed E-state index contributed by atoms with van der Waals surface area (Å²) in [5.74, 6) is 0. The second kappa shape index (κ2) is 5.51. The highest BCUT2D eigenvalue weighted by Crippen LogP contribution is 2.28. The minimum Gasteiger partial charge on any atom is -0.417 e. The summed E-state index contributed by atoms with van der Waals surface area (Å²) in [4.78, 5) is 0.616. The average molecular weight is 210 g/mol. The van der Waals surface area contributed by atoms with E-state index in [0.29, 0.717) is 4.87 Å². The summed E-state index contributed by atoms with van der Waals surface area (Å²) < 4.78 is 5.74. The molecule has 1 nitrogen and oxygen atoms in total. The lowest BCUT2D eigenvalue weighted by Crippen LogP contribution is -2.42. The van der Waals surface area contributed by atoms with Crippen LogP contribution in [0, 0.1) is 0 Å². The Balaban J connectivity index is 4.00. The smallest absolute Gasteiger partial charge is 0.200 e. The molecule has 0 aromatic rings. The van der Waals surface area contributed by atoms with Gasteiger partial charge in [-0.15, -0.1) is 11.7 Å². The van der Waals surface area contributed by atoms with Gasteiger partial charge in [0, 0.05) is 11.5 Å². The number of hydrogen-bond donors (Lipinski definition) is 1. The molecule has 0 bridgehead atoms. The topological polar surface area (TPSA) is 9.23 Å². The SMILES string of the molecule is CCO[Si](C)(C)C(CC)SS. The fourth-order valence-corrected chi connectivity index (χ4v) is 7.17. The fraction of sp³-hybridized carbons (Fsp3) is 1.00. The number of thiol groups is 1. The summed E-state index contributed by atoms with van der Waals surface area (Å²) >= 11 is 4.25. The van der Waals surface area contributed by atoms with Gasteiger partial charge in [-0.25, -0.2) is 0 Å². The van der Waals surface area contributed by atoms with Crippen molar-refractivity contribution in [2.75, 3.05) is 6.61 Å². The van der Waals surface area contributed by atoms with Crippen molar-refractivity contribution in [2.45, 2.75) is 38.2 Å². The summed E-state index contributed by atoms with van der Waals surface area (Å²) in [6.45, 7) is 9.61. The molecule has 0 spiro atoms. The van der Waals surface area contributed by atoms with E-state index >= 15 is 0 Å². The van der Waals surface area contributed by atoms with Crippen LogP contribution in [0.3, 0.4) is 0 Å². The first-order valence-corrected chi connectivity index (χ1v) is 8.94. The van der Waals surface area contributed by atoms with Gasteiger partial charge in [-0.3, -0.25) is 0 Å². The predicted molar refractivity (Wildman–Crippen MR) is 59.8 cm³/mol. The van der Waals surface area contributed by atoms with Crippen LogP contribution in [0.1, 0.15) is 20.3 Å². The Labute approximate surface area is 80.2 Å². The molecule has 0 rings (SSSR count). The summed E-state index contributed by atoms with van der Waals surface area (Å²) in [7, 11) is 0.202. The normalized spacial score (nSPS) is 15.0. The Bertz CT molecular complexity index is 105. The minimum absolute atomic E-state index is 0.616. The van der Waals surface area contributed by atoms with Gasteiger partial charge in [0.25, 0.3) is 0 Å². The van der Waals surface area contributed by atoms with Gasteiger partial charge < -0.3 is 4.43 Å². The van der Waals surface area contributed by atoms with Crippen LogP contribution in [0.25, 0.3) is 0 Å². The van der Waals surface area contributed by atoms with Gasteiger partial charge in [0.1, 0.15) is 0 Å². The molecule has 0 N–H and O–H groups in total. The molecule has 0 fully saturated rings. The zero-order valence-corrected chi connectivity index (χ0v) is 10.5. The lowest BCUT2D eigenvalue weighted by Gasteiger charge is -2.28. The Morgan fingerprint density at radius 2 is 2.00 bits per heavy atom. The van der Waals surface area contributed by atoms with E-state index in [1.807, 2.05) is 0 Å². The maximum atomic E-state index is 5.74. The van der Waals surface area contributed by atoms with Crippen molar-refractivity contribution in [3.63, 3.8) is 0 Å². The first kappa shape index (κ1) is 11.9. The van der Waals surface area contributed by atoms with E-state index in [9.17, 15) is 0 Å². The molecule has 1 atom stereocenters. The van der Waals surface area contributed by atoms with E-state index in [4.69, 9.17) is 4.43 Å². The zero-order chi connectivity index (χ0) is 8.91. The van der Waals surface area contributed by atoms with E-state index in [2.05, 4.69) is 38.6 Å². The molecule has 0 saturated heterocycles. The molecule has 4 heteroatoms. The number of hydrogen-bond acceptors (Lipinski definition) is 3. The molecule has 0 aliphatic rings. The third kappa shape index (κ3) is 3.87. The molecule has 11 heavy (non-hydrogen) atoms. The summed E-state index contributed by atoms with van der Waals surface area (Å²) in [6, 6.07) is 0. The first-order chi connectivity index (χ1) is 5.08. The third-order valence-electron chi connectivity index (χ3n) is 1.79. The van der Waals surface area contributed by atoms with E-state index in [1.54, 1.807) is 10.8 Å². The van der Waals surface area contributed by atoms with E-state index < -0.39 is 8.32 Å². The second-order valence-corrected chi connectivity index (χ2v) is 9.06. The molecule has 0 aromatic carbocycles. The Morgan fingerprint density at radius 3 is 2.27 bits per heavy atom. The van der Waals surface area contributed by atoms with Crippen LogP contribution in [0.5, 0.6) is 0 Å². The van der Waals surface area contributed by atoms with Gasteiger partial charge in [-0.2, -0.15) is 0 Å². The van der Waals surface area contributed by atoms with Crippen molar-refractivity contribution in [3.05, 3.63) is 0 Å². The van der Waals surface area contributed by atoms with Crippen LogP contribution in [0.4, 0.5) is 0 Å². The van der Waals surface area contributed by atoms with Crippen LogP contribution in [-0.2, 0) is 4.43 Å². The highest BCUT2D eigenvalue weighted by molar-refractivity contribution is 8.69. The van der Waals surface area contributed by atoms with Gasteiger partial charge in [-0.05, 0) is 26.4 Å². The van der Waals surface area contributed by atoms with Gasteiger partial charge in [-0.1, -0.05) is 17.7 Å². The largest absolute Gasteiger partial charge is 0.417 e. The molecule has 0 aromatic heterocycles. The molecule has 0 radical (unpaired) electrons. The van der Waals surface area contributed by atoms with Crippen molar-refractivity contribution in [1.29, 1.82) is 0 Å². The zero-order valence-electron chi connectivity index (χ0n) is 7.76. The maximum absolute atomic E-state index is 5.74. The Kier molecular flexibility index (Phi) is 5.95. The van der Waals surface area contributed by atoms with E-state index in [-0.39, 0.29) is 0 Å². The molecule has 68 valence electrons. The van der Waals surface area contributed by atoms with Crippen LogP contribution in [-0.4, -0.2) is 19.8 Å². The summed E-state index contributed by atoms with van der Waals surface area (Å²) in [5.41, 5.74) is 0. The van der Waals surface area contributed by atoms with Crippen molar-refractivity contribution < 1.29 is 4.43 Å². The minimum atomic E-state index is -1.45. The number of rotatable bonds is 5.